The second-order valence-electron chi connectivity index (χ2n) is 4.07. The predicted octanol–water partition coefficient (Wildman–Crippen LogP) is 4.82. The van der Waals surface area contributed by atoms with Crippen LogP contribution in [0.2, 0.25) is 5.02 Å². The van der Waals surface area contributed by atoms with E-state index >= 15 is 0 Å². The molecule has 0 aliphatic rings. The van der Waals surface area contributed by atoms with E-state index in [0.717, 1.165) is 5.56 Å². The molecule has 0 atom stereocenters. The predicted molar refractivity (Wildman–Crippen MR) is 79.5 cm³/mol. The number of alkyl halides is 1. The minimum absolute atomic E-state index is 0.0189. The molecule has 0 aromatic heterocycles. The molecule has 0 fully saturated rings. The summed E-state index contributed by atoms with van der Waals surface area (Å²) < 4.78 is 19.3. The van der Waals surface area contributed by atoms with Gasteiger partial charge in [-0.1, -0.05) is 39.7 Å². The van der Waals surface area contributed by atoms with Crippen LogP contribution in [-0.2, 0) is 11.9 Å². The molecule has 0 N–H and O–H groups in total. The van der Waals surface area contributed by atoms with E-state index < -0.39 is 5.82 Å². The highest BCUT2D eigenvalue weighted by Gasteiger charge is 2.10. The zero-order chi connectivity index (χ0) is 14.5. The molecular weight excluding hydrogens is 345 g/mol. The van der Waals surface area contributed by atoms with Crippen molar-refractivity contribution in [3.8, 4) is 11.8 Å². The highest BCUT2D eigenvalue weighted by molar-refractivity contribution is 9.08. The van der Waals surface area contributed by atoms with Gasteiger partial charge in [-0.2, -0.15) is 5.26 Å². The van der Waals surface area contributed by atoms with Gasteiger partial charge >= 0.3 is 0 Å². The quantitative estimate of drug-likeness (QED) is 0.737. The van der Waals surface area contributed by atoms with Gasteiger partial charge in [0.15, 0.2) is 0 Å². The van der Waals surface area contributed by atoms with Gasteiger partial charge in [-0.3, -0.25) is 0 Å². The average molecular weight is 355 g/mol. The number of benzene rings is 2. The molecule has 2 nitrogen and oxygen atoms in total. The van der Waals surface area contributed by atoms with Crippen LogP contribution in [0, 0.1) is 17.1 Å². The van der Waals surface area contributed by atoms with Crippen molar-refractivity contribution in [1.29, 1.82) is 5.26 Å². The molecule has 0 aliphatic heterocycles. The number of rotatable bonds is 4. The Morgan fingerprint density at radius 3 is 2.75 bits per heavy atom. The molecular formula is C15H10BrClFNO. The Bertz CT molecular complexity index is 669. The molecule has 5 heteroatoms. The van der Waals surface area contributed by atoms with Gasteiger partial charge in [0.1, 0.15) is 18.2 Å². The molecule has 0 heterocycles. The van der Waals surface area contributed by atoms with Crippen LogP contribution in [0.5, 0.6) is 5.75 Å². The Morgan fingerprint density at radius 2 is 2.05 bits per heavy atom. The molecule has 0 unspecified atom stereocenters. The Balaban J connectivity index is 2.23. The van der Waals surface area contributed by atoms with Gasteiger partial charge in [-0.05, 0) is 24.3 Å². The van der Waals surface area contributed by atoms with Crippen LogP contribution in [0.15, 0.2) is 36.4 Å². The highest BCUT2D eigenvalue weighted by atomic mass is 79.9. The molecule has 0 radical (unpaired) electrons. The Hall–Kier alpha value is -1.57. The summed E-state index contributed by atoms with van der Waals surface area (Å²) in [5.41, 5.74) is 1.60. The Kier molecular flexibility index (Phi) is 4.99. The molecule has 0 saturated heterocycles. The monoisotopic (exact) mass is 353 g/mol. The average Bonchev–Trinajstić information content (AvgIpc) is 2.47. The normalized spacial score (nSPS) is 10.1. The number of para-hydroxylation sites is 1. The van der Waals surface area contributed by atoms with E-state index in [1.807, 2.05) is 18.2 Å². The molecule has 0 bridgehead atoms. The smallest absolute Gasteiger partial charge is 0.142 e. The van der Waals surface area contributed by atoms with Crippen molar-refractivity contribution in [3.05, 3.63) is 63.9 Å². The maximum absolute atomic E-state index is 13.7. The lowest BCUT2D eigenvalue weighted by Crippen LogP contribution is -2.01. The first-order chi connectivity index (χ1) is 9.65. The molecule has 0 saturated carbocycles. The van der Waals surface area contributed by atoms with Gasteiger partial charge < -0.3 is 4.74 Å². The third-order valence-electron chi connectivity index (χ3n) is 2.74. The van der Waals surface area contributed by atoms with Crippen molar-refractivity contribution < 1.29 is 9.13 Å². The largest absolute Gasteiger partial charge is 0.487 e. The zero-order valence-corrected chi connectivity index (χ0v) is 12.7. The lowest BCUT2D eigenvalue weighted by Gasteiger charge is -2.12. The molecule has 2 aromatic rings. The zero-order valence-electron chi connectivity index (χ0n) is 10.4. The lowest BCUT2D eigenvalue weighted by atomic mass is 10.1. The molecule has 0 amide bonds. The summed E-state index contributed by atoms with van der Waals surface area (Å²) in [6.07, 6.45) is 0. The van der Waals surface area contributed by atoms with Crippen molar-refractivity contribution in [2.75, 3.05) is 0 Å². The second kappa shape index (κ2) is 6.74. The van der Waals surface area contributed by atoms with Crippen LogP contribution < -0.4 is 4.74 Å². The van der Waals surface area contributed by atoms with E-state index in [-0.39, 0.29) is 6.61 Å². The maximum atomic E-state index is 13.7. The summed E-state index contributed by atoms with van der Waals surface area (Å²) >= 11 is 9.43. The lowest BCUT2D eigenvalue weighted by molar-refractivity contribution is 0.298. The Morgan fingerprint density at radius 1 is 1.25 bits per heavy atom. The molecule has 0 spiro atoms. The second-order valence-corrected chi connectivity index (χ2v) is 5.04. The summed E-state index contributed by atoms with van der Waals surface area (Å²) in [6.45, 7) is 0.0189. The fraction of sp³-hybridized carbons (Fsp3) is 0.133. The van der Waals surface area contributed by atoms with Gasteiger partial charge in [-0.25, -0.2) is 4.39 Å². The van der Waals surface area contributed by atoms with Crippen LogP contribution in [0.3, 0.4) is 0 Å². The SMILES string of the molecule is N#Cc1ccc(F)c(COc2c(Cl)cccc2CBr)c1. The maximum Gasteiger partial charge on any atom is 0.142 e. The van der Waals surface area contributed by atoms with Crippen molar-refractivity contribution in [2.24, 2.45) is 0 Å². The van der Waals surface area contributed by atoms with E-state index in [1.54, 1.807) is 6.07 Å². The first-order valence-electron chi connectivity index (χ1n) is 5.80. The summed E-state index contributed by atoms with van der Waals surface area (Å²) in [5, 5.41) is 9.88. The molecule has 2 rings (SSSR count). The summed E-state index contributed by atoms with van der Waals surface area (Å²) in [5.74, 6) is 0.115. The first kappa shape index (κ1) is 14.8. The van der Waals surface area contributed by atoms with Gasteiger partial charge in [0.25, 0.3) is 0 Å². The third-order valence-corrected chi connectivity index (χ3v) is 3.64. The number of hydrogen-bond donors (Lipinski definition) is 0. The summed E-state index contributed by atoms with van der Waals surface area (Å²) in [6, 6.07) is 11.5. The fourth-order valence-electron chi connectivity index (χ4n) is 1.73. The Labute approximate surface area is 129 Å². The van der Waals surface area contributed by atoms with Crippen LogP contribution in [-0.4, -0.2) is 0 Å². The van der Waals surface area contributed by atoms with Gasteiger partial charge in [0.05, 0.1) is 16.7 Å². The molecule has 20 heavy (non-hydrogen) atoms. The van der Waals surface area contributed by atoms with E-state index in [2.05, 4.69) is 15.9 Å². The minimum atomic E-state index is -0.406. The minimum Gasteiger partial charge on any atom is -0.487 e. The van der Waals surface area contributed by atoms with Crippen LogP contribution >= 0.6 is 27.5 Å². The summed E-state index contributed by atoms with van der Waals surface area (Å²) in [4.78, 5) is 0. The van der Waals surface area contributed by atoms with E-state index in [0.29, 0.717) is 27.2 Å². The van der Waals surface area contributed by atoms with E-state index in [9.17, 15) is 4.39 Å². The number of ether oxygens (including phenoxy) is 1. The standard InChI is InChI=1S/C15H10BrClFNO/c16-7-11-2-1-3-13(17)15(11)20-9-12-6-10(8-19)4-5-14(12)18/h1-6H,7,9H2. The first-order valence-corrected chi connectivity index (χ1v) is 7.30. The summed E-state index contributed by atoms with van der Waals surface area (Å²) in [7, 11) is 0. The van der Waals surface area contributed by atoms with E-state index in [4.69, 9.17) is 21.6 Å². The van der Waals surface area contributed by atoms with Gasteiger partial charge in [0, 0.05) is 16.5 Å². The van der Waals surface area contributed by atoms with Crippen molar-refractivity contribution in [2.45, 2.75) is 11.9 Å². The number of nitrogens with zero attached hydrogens (tertiary/aromatic N) is 1. The molecule has 2 aromatic carbocycles. The van der Waals surface area contributed by atoms with E-state index in [1.165, 1.54) is 18.2 Å². The van der Waals surface area contributed by atoms with Crippen LogP contribution in [0.25, 0.3) is 0 Å². The van der Waals surface area contributed by atoms with Crippen molar-refractivity contribution >= 4 is 27.5 Å². The van der Waals surface area contributed by atoms with Crippen LogP contribution in [0.1, 0.15) is 16.7 Å². The fourth-order valence-corrected chi connectivity index (χ4v) is 2.42. The third kappa shape index (κ3) is 3.30. The topological polar surface area (TPSA) is 33.0 Å². The number of nitriles is 1. The molecule has 0 aliphatic carbocycles. The van der Waals surface area contributed by atoms with Gasteiger partial charge in [0.2, 0.25) is 0 Å². The molecule has 102 valence electrons. The highest BCUT2D eigenvalue weighted by Crippen LogP contribution is 2.31. The van der Waals surface area contributed by atoms with Gasteiger partial charge in [-0.15, -0.1) is 0 Å². The van der Waals surface area contributed by atoms with Crippen molar-refractivity contribution in [1.82, 2.24) is 0 Å². The number of halogens is 3. The van der Waals surface area contributed by atoms with Crippen LogP contribution in [0.4, 0.5) is 4.39 Å². The number of hydrogen-bond acceptors (Lipinski definition) is 2. The van der Waals surface area contributed by atoms with Crippen molar-refractivity contribution in [3.63, 3.8) is 0 Å².